The molecule has 15 nitrogen and oxygen atoms in total. The van der Waals surface area contributed by atoms with Gasteiger partial charge in [-0.15, -0.1) is 0 Å². The zero-order chi connectivity index (χ0) is 38.1. The number of amides is 5. The van der Waals surface area contributed by atoms with Crippen LogP contribution < -0.4 is 10.1 Å². The molecule has 15 heteroatoms. The lowest BCUT2D eigenvalue weighted by molar-refractivity contribution is -0.147. The molecule has 3 aliphatic heterocycles. The van der Waals surface area contributed by atoms with E-state index in [1.807, 2.05) is 24.0 Å². The summed E-state index contributed by atoms with van der Waals surface area (Å²) in [7, 11) is 0. The number of benzene rings is 1. The maximum Gasteiger partial charge on any atom is 0.409 e. The number of piperazine rings is 1. The van der Waals surface area contributed by atoms with E-state index in [0.717, 1.165) is 31.2 Å². The first-order valence-corrected chi connectivity index (χ1v) is 18.8. The summed E-state index contributed by atoms with van der Waals surface area (Å²) >= 11 is 0. The molecule has 0 bridgehead atoms. The minimum Gasteiger partial charge on any atom is -0.480 e. The Morgan fingerprint density at radius 3 is 2.23 bits per heavy atom. The Morgan fingerprint density at radius 2 is 1.53 bits per heavy atom. The molecule has 1 aromatic heterocycles. The van der Waals surface area contributed by atoms with E-state index in [1.54, 1.807) is 36.6 Å². The first-order valence-electron chi connectivity index (χ1n) is 18.8. The lowest BCUT2D eigenvalue weighted by atomic mass is 10.1. The molecule has 1 aromatic carbocycles. The van der Waals surface area contributed by atoms with E-state index < -0.39 is 42.1 Å². The molecule has 53 heavy (non-hydrogen) atoms. The van der Waals surface area contributed by atoms with Gasteiger partial charge in [-0.3, -0.25) is 24.0 Å². The van der Waals surface area contributed by atoms with Crippen LogP contribution in [0.3, 0.4) is 0 Å². The maximum atomic E-state index is 13.9. The second kappa shape index (κ2) is 18.2. The standard InChI is InChI=1S/C38H52N6O9/c1-5-51-33(45)15-14-28(36(48)42-19-21-43(22-20-42)38(50)52-6-2)40-34(46)30-24-32(27-13-12-25(3)23-29(27)39-30)53-26(4)35(47)44-18-10-11-31(44)37(49)41-16-8-7-9-17-41/h12-13,23-24,26,28,31H,5-11,14-22H2,1-4H3,(H,40,46)/t26-,28?,31?/m1/s1. The third-order valence-electron chi connectivity index (χ3n) is 9.96. The van der Waals surface area contributed by atoms with Crippen LogP contribution in [0.25, 0.3) is 10.9 Å². The molecule has 3 aliphatic rings. The van der Waals surface area contributed by atoms with Crippen molar-refractivity contribution in [2.45, 2.75) is 90.8 Å². The number of ether oxygens (including phenoxy) is 3. The molecule has 5 amide bonds. The lowest BCUT2D eigenvalue weighted by Crippen LogP contribution is -2.56. The third kappa shape index (κ3) is 9.73. The van der Waals surface area contributed by atoms with Crippen LogP contribution in [0.4, 0.5) is 4.79 Å². The van der Waals surface area contributed by atoms with E-state index in [-0.39, 0.29) is 75.5 Å². The van der Waals surface area contributed by atoms with Crippen LogP contribution in [0.5, 0.6) is 5.75 Å². The van der Waals surface area contributed by atoms with Crippen molar-refractivity contribution >= 4 is 46.6 Å². The zero-order valence-corrected chi connectivity index (χ0v) is 31.3. The molecule has 2 aromatic rings. The Morgan fingerprint density at radius 1 is 0.830 bits per heavy atom. The van der Waals surface area contributed by atoms with Gasteiger partial charge in [-0.05, 0) is 83.9 Å². The molecule has 288 valence electrons. The van der Waals surface area contributed by atoms with E-state index in [9.17, 15) is 28.8 Å². The Labute approximate surface area is 310 Å². The molecule has 3 atom stereocenters. The van der Waals surface area contributed by atoms with Crippen molar-refractivity contribution in [3.05, 3.63) is 35.5 Å². The summed E-state index contributed by atoms with van der Waals surface area (Å²) in [5.74, 6) is -1.65. The summed E-state index contributed by atoms with van der Waals surface area (Å²) in [6.45, 7) is 10.2. The van der Waals surface area contributed by atoms with Crippen molar-refractivity contribution in [2.24, 2.45) is 0 Å². The van der Waals surface area contributed by atoms with Crippen molar-refractivity contribution < 1.29 is 43.0 Å². The third-order valence-corrected chi connectivity index (χ3v) is 9.96. The summed E-state index contributed by atoms with van der Waals surface area (Å²) in [4.78, 5) is 90.6. The highest BCUT2D eigenvalue weighted by Crippen LogP contribution is 2.29. The predicted molar refractivity (Wildman–Crippen MR) is 194 cm³/mol. The van der Waals surface area contributed by atoms with Gasteiger partial charge in [0, 0.05) is 63.7 Å². The van der Waals surface area contributed by atoms with E-state index in [2.05, 4.69) is 10.3 Å². The van der Waals surface area contributed by atoms with Gasteiger partial charge in [-0.25, -0.2) is 9.78 Å². The van der Waals surface area contributed by atoms with E-state index in [1.165, 1.54) is 11.0 Å². The number of likely N-dealkylation sites (tertiary alicyclic amines) is 2. The molecule has 5 rings (SSSR count). The fourth-order valence-electron chi connectivity index (χ4n) is 7.14. The van der Waals surface area contributed by atoms with Crippen LogP contribution in [0.1, 0.15) is 81.8 Å². The van der Waals surface area contributed by atoms with Crippen LogP contribution in [-0.4, -0.2) is 137 Å². The molecule has 4 heterocycles. The molecule has 0 aliphatic carbocycles. The minimum absolute atomic E-state index is 0.0144. The number of pyridine rings is 1. The normalized spacial score (nSPS) is 18.7. The van der Waals surface area contributed by atoms with E-state index in [4.69, 9.17) is 14.2 Å². The SMILES string of the molecule is CCOC(=O)CCC(NC(=O)c1cc(O[C@H](C)C(=O)N2CCCC2C(=O)N2CCCCC2)c2ccc(C)cc2n1)C(=O)N1CCN(C(=O)OCC)CC1. The number of carbonyl (C=O) groups excluding carboxylic acids is 6. The van der Waals surface area contributed by atoms with Gasteiger partial charge in [0.1, 0.15) is 23.5 Å². The van der Waals surface area contributed by atoms with Crippen LogP contribution in [0.2, 0.25) is 0 Å². The van der Waals surface area contributed by atoms with Crippen molar-refractivity contribution in [3.8, 4) is 5.75 Å². The fraction of sp³-hybridized carbons (Fsp3) is 0.605. The number of aryl methyl sites for hydroxylation is 1. The summed E-state index contributed by atoms with van der Waals surface area (Å²) in [5, 5.41) is 3.37. The topological polar surface area (TPSA) is 168 Å². The quantitative estimate of drug-likeness (QED) is 0.320. The number of nitrogens with zero attached hydrogens (tertiary/aromatic N) is 5. The maximum absolute atomic E-state index is 13.9. The molecule has 1 N–H and O–H groups in total. The Kier molecular flexibility index (Phi) is 13.5. The number of aromatic nitrogens is 1. The average molecular weight is 737 g/mol. The molecular weight excluding hydrogens is 684 g/mol. The number of piperidine rings is 1. The van der Waals surface area contributed by atoms with Gasteiger partial charge in [0.15, 0.2) is 6.10 Å². The van der Waals surface area contributed by atoms with Gasteiger partial charge in [0.2, 0.25) is 11.8 Å². The monoisotopic (exact) mass is 736 g/mol. The van der Waals surface area contributed by atoms with Crippen LogP contribution in [0, 0.1) is 6.92 Å². The van der Waals surface area contributed by atoms with E-state index in [0.29, 0.717) is 37.0 Å². The van der Waals surface area contributed by atoms with Crippen molar-refractivity contribution in [1.82, 2.24) is 29.9 Å². The molecular formula is C38H52N6O9. The fourth-order valence-corrected chi connectivity index (χ4v) is 7.14. The Balaban J connectivity index is 1.34. The zero-order valence-electron chi connectivity index (χ0n) is 31.3. The first kappa shape index (κ1) is 39.3. The molecule has 3 saturated heterocycles. The van der Waals surface area contributed by atoms with Crippen molar-refractivity contribution in [2.75, 3.05) is 59.0 Å². The van der Waals surface area contributed by atoms with Gasteiger partial charge >= 0.3 is 12.1 Å². The predicted octanol–water partition coefficient (Wildman–Crippen LogP) is 3.06. The number of esters is 1. The summed E-state index contributed by atoms with van der Waals surface area (Å²) < 4.78 is 16.4. The highest BCUT2D eigenvalue weighted by molar-refractivity contribution is 6.00. The molecule has 3 fully saturated rings. The van der Waals surface area contributed by atoms with Gasteiger partial charge in [-0.2, -0.15) is 0 Å². The number of hydrogen-bond donors (Lipinski definition) is 1. The number of fused-ring (bicyclic) bond motifs is 1. The molecule has 0 spiro atoms. The summed E-state index contributed by atoms with van der Waals surface area (Å²) in [6, 6.07) is 5.31. The van der Waals surface area contributed by atoms with Gasteiger partial charge in [0.05, 0.1) is 18.7 Å². The highest BCUT2D eigenvalue weighted by atomic mass is 16.6. The molecule has 0 radical (unpaired) electrons. The second-order valence-corrected chi connectivity index (χ2v) is 13.7. The number of nitrogens with one attached hydrogen (secondary N) is 1. The number of hydrogen-bond acceptors (Lipinski definition) is 10. The summed E-state index contributed by atoms with van der Waals surface area (Å²) in [6.07, 6.45) is 2.80. The van der Waals surface area contributed by atoms with Crippen LogP contribution in [-0.2, 0) is 28.7 Å². The van der Waals surface area contributed by atoms with Crippen molar-refractivity contribution in [3.63, 3.8) is 0 Å². The highest BCUT2D eigenvalue weighted by Gasteiger charge is 2.39. The van der Waals surface area contributed by atoms with Gasteiger partial charge in [-0.1, -0.05) is 6.07 Å². The first-order chi connectivity index (χ1) is 25.5. The number of rotatable bonds is 12. The smallest absolute Gasteiger partial charge is 0.409 e. The minimum atomic E-state index is -1.09. The second-order valence-electron chi connectivity index (χ2n) is 13.7. The Hall–Kier alpha value is -4.95. The van der Waals surface area contributed by atoms with Crippen molar-refractivity contribution in [1.29, 1.82) is 0 Å². The summed E-state index contributed by atoms with van der Waals surface area (Å²) in [5.41, 5.74) is 1.30. The molecule has 2 unspecified atom stereocenters. The lowest BCUT2D eigenvalue weighted by Gasteiger charge is -2.36. The Bertz CT molecular complexity index is 1670. The van der Waals surface area contributed by atoms with Crippen LogP contribution >= 0.6 is 0 Å². The van der Waals surface area contributed by atoms with Gasteiger partial charge < -0.3 is 39.1 Å². The average Bonchev–Trinajstić information content (AvgIpc) is 3.66. The molecule has 0 saturated carbocycles. The largest absolute Gasteiger partial charge is 0.480 e. The number of carbonyl (C=O) groups is 6. The van der Waals surface area contributed by atoms with Crippen LogP contribution in [0.15, 0.2) is 24.3 Å². The van der Waals surface area contributed by atoms with Gasteiger partial charge in [0.25, 0.3) is 11.8 Å². The van der Waals surface area contributed by atoms with E-state index >= 15 is 0 Å².